The van der Waals surface area contributed by atoms with E-state index in [9.17, 15) is 0 Å². The zero-order valence-electron chi connectivity index (χ0n) is 9.59. The molecule has 0 unspecified atom stereocenters. The van der Waals surface area contributed by atoms with Crippen molar-refractivity contribution < 1.29 is 0 Å². The van der Waals surface area contributed by atoms with E-state index in [-0.39, 0.29) is 0 Å². The van der Waals surface area contributed by atoms with E-state index in [1.54, 1.807) is 0 Å². The second-order valence-electron chi connectivity index (χ2n) is 4.10. The zero-order chi connectivity index (χ0) is 11.8. The molecule has 0 fully saturated rings. The van der Waals surface area contributed by atoms with Crippen LogP contribution in [0.3, 0.4) is 0 Å². The van der Waals surface area contributed by atoms with Gasteiger partial charge < -0.3 is 5.73 Å². The Morgan fingerprint density at radius 1 is 1.12 bits per heavy atom. The molecule has 0 saturated carbocycles. The van der Waals surface area contributed by atoms with Gasteiger partial charge in [0, 0.05) is 17.4 Å². The lowest BCUT2D eigenvalue weighted by Crippen LogP contribution is -1.95. The van der Waals surface area contributed by atoms with Gasteiger partial charge in [0.15, 0.2) is 0 Å². The number of fused-ring (bicyclic) bond motifs is 1. The third-order valence-corrected chi connectivity index (χ3v) is 3.06. The highest BCUT2D eigenvalue weighted by Crippen LogP contribution is 2.26. The van der Waals surface area contributed by atoms with Crippen LogP contribution in [-0.4, -0.2) is 9.38 Å². The van der Waals surface area contributed by atoms with Gasteiger partial charge in [-0.05, 0) is 30.7 Å². The second kappa shape index (κ2) is 3.63. The van der Waals surface area contributed by atoms with Gasteiger partial charge in [-0.3, -0.25) is 4.40 Å². The maximum Gasteiger partial charge on any atom is 0.144 e. The average Bonchev–Trinajstić information content (AvgIpc) is 2.77. The number of aromatic nitrogens is 2. The van der Waals surface area contributed by atoms with Crippen LogP contribution in [-0.2, 0) is 0 Å². The summed E-state index contributed by atoms with van der Waals surface area (Å²) in [5, 5.41) is 0. The van der Waals surface area contributed by atoms with Crippen LogP contribution < -0.4 is 5.73 Å². The molecule has 2 aromatic heterocycles. The number of nitrogens with two attached hydrogens (primary N) is 1. The summed E-state index contributed by atoms with van der Waals surface area (Å²) in [5.74, 6) is 0.936. The Hall–Kier alpha value is -2.29. The van der Waals surface area contributed by atoms with E-state index in [1.165, 1.54) is 0 Å². The van der Waals surface area contributed by atoms with Gasteiger partial charge in [-0.15, -0.1) is 0 Å². The van der Waals surface area contributed by atoms with Crippen LogP contribution in [0.4, 0.5) is 5.69 Å². The fraction of sp³-hybridized carbons (Fsp3) is 0.0714. The number of nitrogen functional groups attached to an aromatic ring is 1. The number of rotatable bonds is 1. The summed E-state index contributed by atoms with van der Waals surface area (Å²) in [5.41, 5.74) is 9.98. The Bertz CT molecular complexity index is 683. The van der Waals surface area contributed by atoms with Crippen molar-refractivity contribution >= 4 is 11.2 Å². The van der Waals surface area contributed by atoms with Crippen molar-refractivity contribution in [2.45, 2.75) is 6.92 Å². The first-order valence-electron chi connectivity index (χ1n) is 5.55. The summed E-state index contributed by atoms with van der Waals surface area (Å²) in [4.78, 5) is 4.47. The lowest BCUT2D eigenvalue weighted by atomic mass is 10.1. The minimum absolute atomic E-state index is 0.801. The van der Waals surface area contributed by atoms with Gasteiger partial charge in [-0.2, -0.15) is 0 Å². The number of hydrogen-bond acceptors (Lipinski definition) is 2. The first-order valence-corrected chi connectivity index (χ1v) is 5.55. The van der Waals surface area contributed by atoms with Crippen molar-refractivity contribution in [3.63, 3.8) is 0 Å². The second-order valence-corrected chi connectivity index (χ2v) is 4.10. The van der Waals surface area contributed by atoms with Crippen molar-refractivity contribution in [2.75, 3.05) is 5.73 Å². The molecular formula is C14H13N3. The van der Waals surface area contributed by atoms with Crippen LogP contribution in [0.1, 0.15) is 5.56 Å². The molecule has 0 bridgehead atoms. The molecular weight excluding hydrogens is 210 g/mol. The van der Waals surface area contributed by atoms with Crippen molar-refractivity contribution in [1.29, 1.82) is 0 Å². The Kier molecular flexibility index (Phi) is 2.11. The summed E-state index contributed by atoms with van der Waals surface area (Å²) < 4.78 is 2.07. The molecule has 0 saturated heterocycles. The van der Waals surface area contributed by atoms with Crippen molar-refractivity contribution in [2.24, 2.45) is 0 Å². The average molecular weight is 223 g/mol. The summed E-state index contributed by atoms with van der Waals surface area (Å²) in [7, 11) is 0. The van der Waals surface area contributed by atoms with Crippen molar-refractivity contribution in [3.05, 3.63) is 54.4 Å². The molecule has 3 heteroatoms. The standard InChI is InChI=1S/C14H13N3/c1-10-12(6-4-7-13(10)15)14-16-9-11-5-2-3-8-17(11)14/h2-9H,15H2,1H3. The van der Waals surface area contributed by atoms with E-state index in [0.29, 0.717) is 0 Å². The molecule has 0 aliphatic heterocycles. The normalized spacial score (nSPS) is 10.9. The molecule has 84 valence electrons. The fourth-order valence-corrected chi connectivity index (χ4v) is 2.04. The summed E-state index contributed by atoms with van der Waals surface area (Å²) in [6, 6.07) is 12.0. The van der Waals surface area contributed by atoms with Crippen LogP contribution in [0.25, 0.3) is 16.9 Å². The molecule has 0 aliphatic rings. The predicted octanol–water partition coefficient (Wildman–Crippen LogP) is 2.89. The first kappa shape index (κ1) is 9.90. The molecule has 3 nitrogen and oxygen atoms in total. The molecule has 1 aromatic carbocycles. The van der Waals surface area contributed by atoms with Crippen LogP contribution in [0, 0.1) is 6.92 Å². The summed E-state index contributed by atoms with van der Waals surface area (Å²) in [6.45, 7) is 2.02. The van der Waals surface area contributed by atoms with Crippen molar-refractivity contribution in [1.82, 2.24) is 9.38 Å². The minimum atomic E-state index is 0.801. The van der Waals surface area contributed by atoms with E-state index >= 15 is 0 Å². The van der Waals surface area contributed by atoms with Crippen LogP contribution in [0.2, 0.25) is 0 Å². The molecule has 17 heavy (non-hydrogen) atoms. The Morgan fingerprint density at radius 2 is 2.00 bits per heavy atom. The lowest BCUT2D eigenvalue weighted by Gasteiger charge is -2.07. The molecule has 0 amide bonds. The van der Waals surface area contributed by atoms with E-state index in [1.807, 2.05) is 55.7 Å². The fourth-order valence-electron chi connectivity index (χ4n) is 2.04. The molecule has 2 heterocycles. The van der Waals surface area contributed by atoms with Crippen LogP contribution in [0.15, 0.2) is 48.8 Å². The third kappa shape index (κ3) is 1.47. The largest absolute Gasteiger partial charge is 0.398 e. The molecule has 0 aliphatic carbocycles. The third-order valence-electron chi connectivity index (χ3n) is 3.06. The maximum atomic E-state index is 5.93. The molecule has 0 atom stereocenters. The van der Waals surface area contributed by atoms with Gasteiger partial charge >= 0.3 is 0 Å². The number of nitrogens with zero attached hydrogens (tertiary/aromatic N) is 2. The number of hydrogen-bond donors (Lipinski definition) is 1. The van der Waals surface area contributed by atoms with Gasteiger partial charge in [-0.25, -0.2) is 4.98 Å². The van der Waals surface area contributed by atoms with Gasteiger partial charge in [-0.1, -0.05) is 18.2 Å². The number of imidazole rings is 1. The Morgan fingerprint density at radius 3 is 2.88 bits per heavy atom. The highest BCUT2D eigenvalue weighted by molar-refractivity contribution is 5.70. The van der Waals surface area contributed by atoms with Gasteiger partial charge in [0.05, 0.1) is 11.7 Å². The van der Waals surface area contributed by atoms with Crippen molar-refractivity contribution in [3.8, 4) is 11.4 Å². The lowest BCUT2D eigenvalue weighted by molar-refractivity contribution is 1.16. The number of anilines is 1. The highest BCUT2D eigenvalue weighted by Gasteiger charge is 2.09. The summed E-state index contributed by atoms with van der Waals surface area (Å²) >= 11 is 0. The van der Waals surface area contributed by atoms with E-state index in [0.717, 1.165) is 28.2 Å². The quantitative estimate of drug-likeness (QED) is 0.644. The Balaban J connectivity index is 2.31. The minimum Gasteiger partial charge on any atom is -0.398 e. The number of benzene rings is 1. The van der Waals surface area contributed by atoms with E-state index in [4.69, 9.17) is 5.73 Å². The highest BCUT2D eigenvalue weighted by atomic mass is 15.0. The smallest absolute Gasteiger partial charge is 0.144 e. The monoisotopic (exact) mass is 223 g/mol. The van der Waals surface area contributed by atoms with Gasteiger partial charge in [0.25, 0.3) is 0 Å². The SMILES string of the molecule is Cc1c(N)cccc1-c1ncc2ccccn12. The molecule has 0 radical (unpaired) electrons. The maximum absolute atomic E-state index is 5.93. The number of pyridine rings is 1. The topological polar surface area (TPSA) is 43.3 Å². The zero-order valence-corrected chi connectivity index (χ0v) is 9.59. The van der Waals surface area contributed by atoms with Crippen LogP contribution in [0.5, 0.6) is 0 Å². The van der Waals surface area contributed by atoms with Crippen LogP contribution >= 0.6 is 0 Å². The molecule has 2 N–H and O–H groups in total. The predicted molar refractivity (Wildman–Crippen MR) is 69.8 cm³/mol. The molecule has 0 spiro atoms. The molecule has 3 aromatic rings. The van der Waals surface area contributed by atoms with Gasteiger partial charge in [0.2, 0.25) is 0 Å². The van der Waals surface area contributed by atoms with E-state index in [2.05, 4.69) is 9.38 Å². The van der Waals surface area contributed by atoms with Gasteiger partial charge in [0.1, 0.15) is 5.82 Å². The summed E-state index contributed by atoms with van der Waals surface area (Å²) in [6.07, 6.45) is 3.89. The molecule has 3 rings (SSSR count). The Labute approximate surface area is 99.5 Å². The van der Waals surface area contributed by atoms with E-state index < -0.39 is 0 Å². The first-order chi connectivity index (χ1) is 8.27.